The van der Waals surface area contributed by atoms with Crippen LogP contribution in [-0.4, -0.2) is 79.6 Å². The molecule has 4 nitrogen and oxygen atoms in total. The minimum Gasteiger partial charge on any atom is -0.369 e. The number of anilines is 1. The van der Waals surface area contributed by atoms with Crippen molar-refractivity contribution in [3.63, 3.8) is 0 Å². The summed E-state index contributed by atoms with van der Waals surface area (Å²) in [5, 5.41) is 0. The first-order chi connectivity index (χ1) is 13.4. The van der Waals surface area contributed by atoms with Crippen LogP contribution in [0, 0.1) is 5.92 Å². The molecule has 0 bridgehead atoms. The van der Waals surface area contributed by atoms with Crippen LogP contribution in [0.15, 0.2) is 24.3 Å². The third-order valence-electron chi connectivity index (χ3n) is 6.75. The van der Waals surface area contributed by atoms with E-state index in [1.54, 1.807) is 0 Å². The maximum Gasteiger partial charge on any atom is 0.0367 e. The third kappa shape index (κ3) is 5.95. The van der Waals surface area contributed by atoms with Crippen LogP contribution in [-0.2, 0) is 6.54 Å². The van der Waals surface area contributed by atoms with E-state index in [1.165, 1.54) is 56.8 Å². The van der Waals surface area contributed by atoms with E-state index >= 15 is 0 Å². The molecule has 0 N–H and O–H groups in total. The molecule has 2 fully saturated rings. The van der Waals surface area contributed by atoms with Gasteiger partial charge in [-0.3, -0.25) is 4.90 Å². The Bertz CT molecular complexity index is 567. The Hall–Kier alpha value is -1.10. The van der Waals surface area contributed by atoms with Gasteiger partial charge in [0.2, 0.25) is 0 Å². The number of piperidine rings is 1. The van der Waals surface area contributed by atoms with Crippen molar-refractivity contribution in [1.82, 2.24) is 14.7 Å². The van der Waals surface area contributed by atoms with Crippen LogP contribution < -0.4 is 4.90 Å². The van der Waals surface area contributed by atoms with Crippen molar-refractivity contribution in [2.75, 3.05) is 57.8 Å². The molecule has 0 amide bonds. The SMILES string of the molecule is CC(C)N1CCC(CN(C)Cc2ccc(N3CCN(C(C)C)CC3)cc2)CC1. The molecule has 2 heterocycles. The smallest absolute Gasteiger partial charge is 0.0367 e. The maximum atomic E-state index is 2.62. The van der Waals surface area contributed by atoms with Crippen LogP contribution in [0.1, 0.15) is 46.1 Å². The summed E-state index contributed by atoms with van der Waals surface area (Å²) in [5.41, 5.74) is 2.82. The zero-order valence-electron chi connectivity index (χ0n) is 18.9. The Kier molecular flexibility index (Phi) is 7.78. The van der Waals surface area contributed by atoms with E-state index in [-0.39, 0.29) is 0 Å². The van der Waals surface area contributed by atoms with Crippen molar-refractivity contribution in [2.24, 2.45) is 5.92 Å². The highest BCUT2D eigenvalue weighted by atomic mass is 15.3. The molecule has 0 saturated carbocycles. The second kappa shape index (κ2) is 10.1. The minimum atomic E-state index is 0.665. The molecule has 4 heteroatoms. The summed E-state index contributed by atoms with van der Waals surface area (Å²) in [6.07, 6.45) is 2.70. The molecule has 1 aromatic rings. The Morgan fingerprint density at radius 2 is 1.36 bits per heavy atom. The van der Waals surface area contributed by atoms with Crippen molar-refractivity contribution in [3.8, 4) is 0 Å². The van der Waals surface area contributed by atoms with Crippen LogP contribution in [0.3, 0.4) is 0 Å². The lowest BCUT2D eigenvalue weighted by atomic mass is 9.95. The lowest BCUT2D eigenvalue weighted by Gasteiger charge is -2.38. The van der Waals surface area contributed by atoms with Crippen LogP contribution in [0.25, 0.3) is 0 Å². The number of hydrogen-bond donors (Lipinski definition) is 0. The van der Waals surface area contributed by atoms with Crippen LogP contribution in [0.2, 0.25) is 0 Å². The van der Waals surface area contributed by atoms with Crippen molar-refractivity contribution in [2.45, 2.75) is 59.2 Å². The fourth-order valence-electron chi connectivity index (χ4n) is 4.78. The molecule has 1 aromatic carbocycles. The fraction of sp³-hybridized carbons (Fsp3) is 0.750. The highest BCUT2D eigenvalue weighted by Crippen LogP contribution is 2.22. The van der Waals surface area contributed by atoms with Gasteiger partial charge in [0.25, 0.3) is 0 Å². The highest BCUT2D eigenvalue weighted by molar-refractivity contribution is 5.48. The largest absolute Gasteiger partial charge is 0.369 e. The van der Waals surface area contributed by atoms with Crippen molar-refractivity contribution < 1.29 is 0 Å². The summed E-state index contributed by atoms with van der Waals surface area (Å²) < 4.78 is 0. The molecular formula is C24H42N4. The lowest BCUT2D eigenvalue weighted by molar-refractivity contribution is 0.127. The van der Waals surface area contributed by atoms with Gasteiger partial charge in [-0.25, -0.2) is 0 Å². The number of piperazine rings is 1. The number of benzene rings is 1. The number of rotatable bonds is 7. The van der Waals surface area contributed by atoms with Gasteiger partial charge in [0.05, 0.1) is 0 Å². The normalized spacial score (nSPS) is 20.6. The molecule has 2 aliphatic rings. The number of likely N-dealkylation sites (tertiary alicyclic amines) is 1. The van der Waals surface area contributed by atoms with Gasteiger partial charge in [-0.15, -0.1) is 0 Å². The molecule has 158 valence electrons. The molecule has 28 heavy (non-hydrogen) atoms. The second-order valence-corrected chi connectivity index (χ2v) is 9.55. The summed E-state index contributed by atoms with van der Waals surface area (Å²) in [6.45, 7) is 18.7. The maximum absolute atomic E-state index is 2.62. The van der Waals surface area contributed by atoms with Crippen LogP contribution in [0.4, 0.5) is 5.69 Å². The molecule has 0 unspecified atom stereocenters. The van der Waals surface area contributed by atoms with Crippen molar-refractivity contribution in [3.05, 3.63) is 29.8 Å². The van der Waals surface area contributed by atoms with Gasteiger partial charge in [-0.05, 0) is 84.3 Å². The monoisotopic (exact) mass is 386 g/mol. The Morgan fingerprint density at radius 1 is 0.821 bits per heavy atom. The minimum absolute atomic E-state index is 0.665. The molecule has 0 aromatic heterocycles. The van der Waals surface area contributed by atoms with Crippen molar-refractivity contribution >= 4 is 5.69 Å². The zero-order chi connectivity index (χ0) is 20.1. The van der Waals surface area contributed by atoms with Gasteiger partial charge in [0.1, 0.15) is 0 Å². The average Bonchev–Trinajstić information content (AvgIpc) is 2.69. The Morgan fingerprint density at radius 3 is 1.89 bits per heavy atom. The quantitative estimate of drug-likeness (QED) is 0.707. The standard InChI is InChI=1S/C24H42N4/c1-20(2)26-12-10-23(11-13-26)19-25(5)18-22-6-8-24(9-7-22)28-16-14-27(15-17-28)21(3)4/h6-9,20-21,23H,10-19H2,1-5H3. The Labute approximate surface area is 173 Å². The molecule has 0 radical (unpaired) electrons. The van der Waals surface area contributed by atoms with Crippen LogP contribution >= 0.6 is 0 Å². The van der Waals surface area contributed by atoms with Gasteiger partial charge in [-0.1, -0.05) is 12.1 Å². The first-order valence-corrected chi connectivity index (χ1v) is 11.4. The van der Waals surface area contributed by atoms with Gasteiger partial charge >= 0.3 is 0 Å². The Balaban J connectivity index is 1.43. The number of nitrogens with zero attached hydrogens (tertiary/aromatic N) is 4. The van der Waals surface area contributed by atoms with E-state index in [2.05, 4.69) is 78.6 Å². The van der Waals surface area contributed by atoms with Gasteiger partial charge < -0.3 is 14.7 Å². The topological polar surface area (TPSA) is 13.0 Å². The summed E-state index contributed by atoms with van der Waals surface area (Å²) in [4.78, 5) is 10.3. The fourth-order valence-corrected chi connectivity index (χ4v) is 4.78. The zero-order valence-corrected chi connectivity index (χ0v) is 18.9. The predicted molar refractivity (Wildman–Crippen MR) is 121 cm³/mol. The predicted octanol–water partition coefficient (Wildman–Crippen LogP) is 3.77. The van der Waals surface area contributed by atoms with E-state index < -0.39 is 0 Å². The molecule has 0 aliphatic carbocycles. The van der Waals surface area contributed by atoms with Crippen LogP contribution in [0.5, 0.6) is 0 Å². The second-order valence-electron chi connectivity index (χ2n) is 9.55. The van der Waals surface area contributed by atoms with E-state index in [9.17, 15) is 0 Å². The molecule has 0 atom stereocenters. The van der Waals surface area contributed by atoms with Crippen molar-refractivity contribution in [1.29, 1.82) is 0 Å². The van der Waals surface area contributed by atoms with E-state index in [1.807, 2.05) is 0 Å². The van der Waals surface area contributed by atoms with Gasteiger partial charge in [0, 0.05) is 57.0 Å². The summed E-state index contributed by atoms with van der Waals surface area (Å²) in [5.74, 6) is 0.858. The molecule has 2 saturated heterocycles. The first kappa shape index (κ1) is 21.6. The van der Waals surface area contributed by atoms with E-state index in [4.69, 9.17) is 0 Å². The first-order valence-electron chi connectivity index (χ1n) is 11.4. The molecule has 0 spiro atoms. The average molecular weight is 387 g/mol. The van der Waals surface area contributed by atoms with Gasteiger partial charge in [0.15, 0.2) is 0 Å². The number of hydrogen-bond acceptors (Lipinski definition) is 4. The summed E-state index contributed by atoms with van der Waals surface area (Å²) >= 11 is 0. The lowest BCUT2D eigenvalue weighted by Crippen LogP contribution is -2.48. The van der Waals surface area contributed by atoms with Gasteiger partial charge in [-0.2, -0.15) is 0 Å². The molecule has 2 aliphatic heterocycles. The summed E-state index contributed by atoms with van der Waals surface area (Å²) in [7, 11) is 2.29. The highest BCUT2D eigenvalue weighted by Gasteiger charge is 2.22. The summed E-state index contributed by atoms with van der Waals surface area (Å²) in [6, 6.07) is 10.7. The third-order valence-corrected chi connectivity index (χ3v) is 6.75. The molecule has 3 rings (SSSR count). The van der Waals surface area contributed by atoms with E-state index in [0.29, 0.717) is 12.1 Å². The van der Waals surface area contributed by atoms with E-state index in [0.717, 1.165) is 25.6 Å². The molecular weight excluding hydrogens is 344 g/mol.